The van der Waals surface area contributed by atoms with Crippen molar-refractivity contribution in [3.8, 4) is 23.3 Å². The predicted octanol–water partition coefficient (Wildman–Crippen LogP) is 5.51. The van der Waals surface area contributed by atoms with E-state index in [1.807, 2.05) is 32.0 Å². The molecule has 0 bridgehead atoms. The number of hydrogen-bond acceptors (Lipinski definition) is 8. The predicted molar refractivity (Wildman–Crippen MR) is 141 cm³/mol. The van der Waals surface area contributed by atoms with Gasteiger partial charge in [0.25, 0.3) is 5.91 Å². The largest absolute Gasteiger partial charge is 0.493 e. The molecule has 0 unspecified atom stereocenters. The number of methoxy groups -OCH3 is 1. The minimum Gasteiger partial charge on any atom is -0.493 e. The number of aryl methyl sites for hydroxylation is 3. The Morgan fingerprint density at radius 1 is 1.08 bits per heavy atom. The van der Waals surface area contributed by atoms with Crippen molar-refractivity contribution in [1.82, 2.24) is 10.2 Å². The van der Waals surface area contributed by atoms with E-state index in [0.29, 0.717) is 35.4 Å². The maximum atomic E-state index is 12.6. The number of rotatable bonds is 12. The van der Waals surface area contributed by atoms with Gasteiger partial charge in [0, 0.05) is 6.42 Å². The lowest BCUT2D eigenvalue weighted by Gasteiger charge is -2.13. The topological polar surface area (TPSA) is 106 Å². The Balaban J connectivity index is 1.60. The summed E-state index contributed by atoms with van der Waals surface area (Å²) in [5, 5.41) is 21.5. The fraction of sp³-hybridized carbons (Fsp3) is 0.333. The van der Waals surface area contributed by atoms with Crippen molar-refractivity contribution in [2.45, 2.75) is 40.0 Å². The van der Waals surface area contributed by atoms with Crippen LogP contribution in [0.25, 0.3) is 6.08 Å². The van der Waals surface area contributed by atoms with E-state index < -0.39 is 5.91 Å². The van der Waals surface area contributed by atoms with Crippen LogP contribution >= 0.6 is 11.3 Å². The summed E-state index contributed by atoms with van der Waals surface area (Å²) in [6.07, 6.45) is 4.37. The molecule has 0 aliphatic rings. The van der Waals surface area contributed by atoms with E-state index in [1.54, 1.807) is 18.2 Å². The number of amides is 1. The summed E-state index contributed by atoms with van der Waals surface area (Å²) in [7, 11) is 1.53. The minimum atomic E-state index is -0.543. The van der Waals surface area contributed by atoms with Crippen molar-refractivity contribution in [3.05, 3.63) is 63.7 Å². The first-order chi connectivity index (χ1) is 17.4. The number of anilines is 1. The second-order valence-electron chi connectivity index (χ2n) is 8.16. The van der Waals surface area contributed by atoms with Gasteiger partial charge in [-0.3, -0.25) is 10.1 Å². The Labute approximate surface area is 215 Å². The molecule has 1 amide bonds. The van der Waals surface area contributed by atoms with Crippen LogP contribution in [0.5, 0.6) is 17.2 Å². The highest BCUT2D eigenvalue weighted by Crippen LogP contribution is 2.29. The van der Waals surface area contributed by atoms with Gasteiger partial charge in [0.15, 0.2) is 11.5 Å². The fourth-order valence-electron chi connectivity index (χ4n) is 3.43. The smallest absolute Gasteiger partial charge is 0.268 e. The zero-order valence-electron chi connectivity index (χ0n) is 21.0. The molecule has 3 aromatic rings. The third-order valence-corrected chi connectivity index (χ3v) is 6.00. The zero-order chi connectivity index (χ0) is 25.9. The Morgan fingerprint density at radius 3 is 2.53 bits per heavy atom. The number of hydrogen-bond donors (Lipinski definition) is 1. The molecule has 0 radical (unpaired) electrons. The van der Waals surface area contributed by atoms with E-state index in [4.69, 9.17) is 14.2 Å². The van der Waals surface area contributed by atoms with Crippen LogP contribution in [0.15, 0.2) is 42.0 Å². The first-order valence-corrected chi connectivity index (χ1v) is 12.5. The van der Waals surface area contributed by atoms with Crippen molar-refractivity contribution < 1.29 is 19.0 Å². The van der Waals surface area contributed by atoms with Crippen LogP contribution in [-0.4, -0.2) is 36.4 Å². The molecule has 1 aromatic heterocycles. The summed E-state index contributed by atoms with van der Waals surface area (Å²) in [6.45, 7) is 6.85. The zero-order valence-corrected chi connectivity index (χ0v) is 21.8. The van der Waals surface area contributed by atoms with Gasteiger partial charge in [0.2, 0.25) is 5.13 Å². The van der Waals surface area contributed by atoms with Gasteiger partial charge in [-0.1, -0.05) is 36.8 Å². The van der Waals surface area contributed by atoms with Crippen LogP contribution in [0.3, 0.4) is 0 Å². The molecule has 1 N–H and O–H groups in total. The second kappa shape index (κ2) is 13.3. The Morgan fingerprint density at radius 2 is 1.83 bits per heavy atom. The molecular weight excluding hydrogens is 476 g/mol. The molecule has 0 aliphatic heterocycles. The average molecular weight is 507 g/mol. The SMILES string of the molecule is CCCCc1nnc(NC(=O)C(C#N)=Cc2ccc(OCCOc3cc(C)cc(C)c3)c(OC)c2)s1. The van der Waals surface area contributed by atoms with Crippen LogP contribution in [0.1, 0.15) is 41.5 Å². The number of unbranched alkanes of at least 4 members (excludes halogenated alkanes) is 1. The Hall–Kier alpha value is -3.90. The molecule has 9 heteroatoms. The van der Waals surface area contributed by atoms with Crippen molar-refractivity contribution in [3.63, 3.8) is 0 Å². The third-order valence-electron chi connectivity index (χ3n) is 5.10. The number of nitrogens with zero attached hydrogens (tertiary/aromatic N) is 3. The molecule has 8 nitrogen and oxygen atoms in total. The average Bonchev–Trinajstić information content (AvgIpc) is 3.30. The molecule has 0 spiro atoms. The number of carbonyl (C=O) groups is 1. The number of ether oxygens (including phenoxy) is 3. The van der Waals surface area contributed by atoms with Gasteiger partial charge in [0.05, 0.1) is 7.11 Å². The van der Waals surface area contributed by atoms with E-state index >= 15 is 0 Å². The van der Waals surface area contributed by atoms with Crippen LogP contribution in [0.2, 0.25) is 0 Å². The van der Waals surface area contributed by atoms with Crippen LogP contribution in [-0.2, 0) is 11.2 Å². The minimum absolute atomic E-state index is 0.0575. The lowest BCUT2D eigenvalue weighted by molar-refractivity contribution is -0.112. The monoisotopic (exact) mass is 506 g/mol. The quantitative estimate of drug-likeness (QED) is 0.196. The van der Waals surface area contributed by atoms with Crippen LogP contribution < -0.4 is 19.5 Å². The molecule has 0 atom stereocenters. The highest BCUT2D eigenvalue weighted by atomic mass is 32.1. The van der Waals surface area contributed by atoms with Crippen LogP contribution in [0, 0.1) is 25.2 Å². The molecule has 188 valence electrons. The molecular formula is C27H30N4O4S. The number of nitrogens with one attached hydrogen (secondary N) is 1. The highest BCUT2D eigenvalue weighted by Gasteiger charge is 2.14. The van der Waals surface area contributed by atoms with Gasteiger partial charge < -0.3 is 14.2 Å². The maximum Gasteiger partial charge on any atom is 0.268 e. The van der Waals surface area contributed by atoms with Crippen molar-refractivity contribution >= 4 is 28.5 Å². The summed E-state index contributed by atoms with van der Waals surface area (Å²) in [6, 6.07) is 13.2. The first kappa shape index (κ1) is 26.7. The van der Waals surface area contributed by atoms with E-state index in [9.17, 15) is 10.1 Å². The molecule has 0 aliphatic carbocycles. The second-order valence-corrected chi connectivity index (χ2v) is 9.22. The Bertz CT molecular complexity index is 1240. The lowest BCUT2D eigenvalue weighted by atomic mass is 10.1. The van der Waals surface area contributed by atoms with E-state index in [1.165, 1.54) is 24.5 Å². The van der Waals surface area contributed by atoms with Gasteiger partial charge in [-0.05, 0) is 67.3 Å². The molecule has 0 saturated carbocycles. The van der Waals surface area contributed by atoms with E-state index in [-0.39, 0.29) is 5.57 Å². The van der Waals surface area contributed by atoms with Gasteiger partial charge in [0.1, 0.15) is 35.6 Å². The highest BCUT2D eigenvalue weighted by molar-refractivity contribution is 7.15. The van der Waals surface area contributed by atoms with Crippen molar-refractivity contribution in [2.75, 3.05) is 25.6 Å². The molecule has 0 fully saturated rings. The van der Waals surface area contributed by atoms with Gasteiger partial charge >= 0.3 is 0 Å². The van der Waals surface area contributed by atoms with Gasteiger partial charge in [-0.15, -0.1) is 10.2 Å². The summed E-state index contributed by atoms with van der Waals surface area (Å²) in [4.78, 5) is 12.6. The molecule has 3 rings (SSSR count). The Kier molecular flexibility index (Phi) is 9.83. The third kappa shape index (κ3) is 7.82. The number of aromatic nitrogens is 2. The van der Waals surface area contributed by atoms with Gasteiger partial charge in [-0.2, -0.15) is 5.26 Å². The molecule has 36 heavy (non-hydrogen) atoms. The normalized spacial score (nSPS) is 11.0. The first-order valence-electron chi connectivity index (χ1n) is 11.7. The summed E-state index contributed by atoms with van der Waals surface area (Å²) in [5.41, 5.74) is 2.85. The maximum absolute atomic E-state index is 12.6. The van der Waals surface area contributed by atoms with Crippen molar-refractivity contribution in [2.24, 2.45) is 0 Å². The summed E-state index contributed by atoms with van der Waals surface area (Å²) >= 11 is 1.32. The van der Waals surface area contributed by atoms with E-state index in [0.717, 1.165) is 41.1 Å². The number of carbonyl (C=O) groups excluding carboxylic acids is 1. The van der Waals surface area contributed by atoms with E-state index in [2.05, 4.69) is 28.5 Å². The standard InChI is InChI=1S/C27H30N4O4S/c1-5-6-7-25-30-31-27(36-25)29-26(32)21(17-28)15-20-8-9-23(24(16-20)33-4)35-11-10-34-22-13-18(2)12-19(3)14-22/h8-9,12-16H,5-7,10-11H2,1-4H3,(H,29,31,32). The molecule has 1 heterocycles. The van der Waals surface area contributed by atoms with Crippen molar-refractivity contribution in [1.29, 1.82) is 5.26 Å². The number of benzene rings is 2. The van der Waals surface area contributed by atoms with Crippen LogP contribution in [0.4, 0.5) is 5.13 Å². The molecule has 0 saturated heterocycles. The number of nitriles is 1. The molecule has 2 aromatic carbocycles. The summed E-state index contributed by atoms with van der Waals surface area (Å²) in [5.74, 6) is 1.28. The lowest BCUT2D eigenvalue weighted by Crippen LogP contribution is -2.13. The fourth-order valence-corrected chi connectivity index (χ4v) is 4.21. The summed E-state index contributed by atoms with van der Waals surface area (Å²) < 4.78 is 17.1. The van der Waals surface area contributed by atoms with Gasteiger partial charge in [-0.25, -0.2) is 0 Å².